The summed E-state index contributed by atoms with van der Waals surface area (Å²) in [6.45, 7) is 2.37. The van der Waals surface area contributed by atoms with E-state index >= 15 is 0 Å². The SMILES string of the molecule is CC(NC1C=CCCC1)C1CCCC1. The van der Waals surface area contributed by atoms with Gasteiger partial charge < -0.3 is 5.32 Å². The molecule has 0 bridgehead atoms. The zero-order valence-corrected chi connectivity index (χ0v) is 9.34. The molecule has 0 radical (unpaired) electrons. The third-order valence-corrected chi connectivity index (χ3v) is 3.84. The van der Waals surface area contributed by atoms with Gasteiger partial charge in [-0.2, -0.15) is 0 Å². The minimum absolute atomic E-state index is 0.666. The lowest BCUT2D eigenvalue weighted by Crippen LogP contribution is -2.39. The summed E-state index contributed by atoms with van der Waals surface area (Å²) in [5.41, 5.74) is 0. The van der Waals surface area contributed by atoms with Crippen LogP contribution in [0.4, 0.5) is 0 Å². The van der Waals surface area contributed by atoms with Gasteiger partial charge in [0.05, 0.1) is 0 Å². The summed E-state index contributed by atoms with van der Waals surface area (Å²) in [5.74, 6) is 0.949. The van der Waals surface area contributed by atoms with Gasteiger partial charge in [0, 0.05) is 12.1 Å². The molecule has 2 unspecified atom stereocenters. The first kappa shape index (κ1) is 10.2. The molecule has 14 heavy (non-hydrogen) atoms. The average molecular weight is 193 g/mol. The topological polar surface area (TPSA) is 12.0 Å². The van der Waals surface area contributed by atoms with E-state index < -0.39 is 0 Å². The molecule has 1 fully saturated rings. The summed E-state index contributed by atoms with van der Waals surface area (Å²) in [4.78, 5) is 0. The van der Waals surface area contributed by atoms with E-state index in [0.717, 1.165) is 12.0 Å². The molecule has 1 saturated carbocycles. The Hall–Kier alpha value is -0.300. The first-order chi connectivity index (χ1) is 6.86. The molecule has 0 aliphatic heterocycles. The zero-order chi connectivity index (χ0) is 9.80. The second-order valence-corrected chi connectivity index (χ2v) is 4.97. The van der Waals surface area contributed by atoms with Crippen LogP contribution in [-0.4, -0.2) is 12.1 Å². The number of rotatable bonds is 3. The molecule has 0 saturated heterocycles. The second kappa shape index (κ2) is 4.97. The van der Waals surface area contributed by atoms with Crippen LogP contribution >= 0.6 is 0 Å². The number of nitrogens with one attached hydrogen (secondary N) is 1. The van der Waals surface area contributed by atoms with Gasteiger partial charge in [-0.1, -0.05) is 25.0 Å². The maximum absolute atomic E-state index is 3.77. The lowest BCUT2D eigenvalue weighted by atomic mass is 9.96. The molecule has 2 aliphatic rings. The van der Waals surface area contributed by atoms with Crippen molar-refractivity contribution in [2.75, 3.05) is 0 Å². The molecule has 2 atom stereocenters. The molecule has 1 N–H and O–H groups in total. The van der Waals surface area contributed by atoms with Crippen LogP contribution < -0.4 is 5.32 Å². The average Bonchev–Trinajstić information content (AvgIpc) is 2.72. The minimum Gasteiger partial charge on any atom is -0.308 e. The van der Waals surface area contributed by atoms with Gasteiger partial charge in [-0.05, 0) is 44.9 Å². The summed E-state index contributed by atoms with van der Waals surface area (Å²) in [7, 11) is 0. The Bertz CT molecular complexity index is 191. The predicted molar refractivity (Wildman–Crippen MR) is 61.3 cm³/mol. The molecule has 0 heterocycles. The molecular weight excluding hydrogens is 170 g/mol. The van der Waals surface area contributed by atoms with Crippen LogP contribution in [0, 0.1) is 5.92 Å². The third-order valence-electron chi connectivity index (χ3n) is 3.84. The van der Waals surface area contributed by atoms with E-state index in [1.54, 1.807) is 0 Å². The van der Waals surface area contributed by atoms with Crippen LogP contribution in [0.1, 0.15) is 51.9 Å². The van der Waals surface area contributed by atoms with Crippen molar-refractivity contribution in [1.82, 2.24) is 5.32 Å². The van der Waals surface area contributed by atoms with Crippen molar-refractivity contribution in [3.8, 4) is 0 Å². The fraction of sp³-hybridized carbons (Fsp3) is 0.846. The first-order valence-corrected chi connectivity index (χ1v) is 6.29. The number of allylic oxidation sites excluding steroid dienone is 1. The predicted octanol–water partition coefficient (Wildman–Crippen LogP) is 3.26. The Morgan fingerprint density at radius 1 is 1.14 bits per heavy atom. The fourth-order valence-corrected chi connectivity index (χ4v) is 2.88. The Kier molecular flexibility index (Phi) is 3.63. The van der Waals surface area contributed by atoms with E-state index in [1.807, 2.05) is 0 Å². The molecular formula is C13H23N. The molecule has 0 aromatic carbocycles. The van der Waals surface area contributed by atoms with E-state index in [2.05, 4.69) is 24.4 Å². The van der Waals surface area contributed by atoms with E-state index in [9.17, 15) is 0 Å². The summed E-state index contributed by atoms with van der Waals surface area (Å²) < 4.78 is 0. The summed E-state index contributed by atoms with van der Waals surface area (Å²) >= 11 is 0. The third kappa shape index (κ3) is 2.60. The maximum atomic E-state index is 3.77. The van der Waals surface area contributed by atoms with E-state index in [0.29, 0.717) is 6.04 Å². The zero-order valence-electron chi connectivity index (χ0n) is 9.34. The van der Waals surface area contributed by atoms with Crippen LogP contribution in [0.3, 0.4) is 0 Å². The smallest absolute Gasteiger partial charge is 0.0252 e. The Morgan fingerprint density at radius 2 is 1.93 bits per heavy atom. The lowest BCUT2D eigenvalue weighted by Gasteiger charge is -2.26. The quantitative estimate of drug-likeness (QED) is 0.678. The van der Waals surface area contributed by atoms with Crippen molar-refractivity contribution in [2.24, 2.45) is 5.92 Å². The van der Waals surface area contributed by atoms with Crippen molar-refractivity contribution < 1.29 is 0 Å². The highest BCUT2D eigenvalue weighted by molar-refractivity contribution is 4.98. The minimum atomic E-state index is 0.666. The Balaban J connectivity index is 1.77. The first-order valence-electron chi connectivity index (χ1n) is 6.29. The van der Waals surface area contributed by atoms with Gasteiger partial charge in [0.15, 0.2) is 0 Å². The van der Waals surface area contributed by atoms with E-state index in [-0.39, 0.29) is 0 Å². The molecule has 1 heteroatoms. The summed E-state index contributed by atoms with van der Waals surface area (Å²) in [6.07, 6.45) is 14.5. The van der Waals surface area contributed by atoms with Gasteiger partial charge in [-0.3, -0.25) is 0 Å². The summed E-state index contributed by atoms with van der Waals surface area (Å²) in [5, 5.41) is 3.77. The van der Waals surface area contributed by atoms with Crippen molar-refractivity contribution in [2.45, 2.75) is 64.0 Å². The molecule has 80 valence electrons. The van der Waals surface area contributed by atoms with Crippen molar-refractivity contribution in [3.63, 3.8) is 0 Å². The maximum Gasteiger partial charge on any atom is 0.0252 e. The number of hydrogen-bond donors (Lipinski definition) is 1. The van der Waals surface area contributed by atoms with Crippen LogP contribution in [0.5, 0.6) is 0 Å². The molecule has 0 aromatic heterocycles. The molecule has 2 aliphatic carbocycles. The Morgan fingerprint density at radius 3 is 2.57 bits per heavy atom. The van der Waals surface area contributed by atoms with Crippen LogP contribution in [0.15, 0.2) is 12.2 Å². The van der Waals surface area contributed by atoms with Gasteiger partial charge in [0.1, 0.15) is 0 Å². The highest BCUT2D eigenvalue weighted by Gasteiger charge is 2.22. The van der Waals surface area contributed by atoms with Gasteiger partial charge in [-0.25, -0.2) is 0 Å². The largest absolute Gasteiger partial charge is 0.308 e. The Labute approximate surface area is 88.0 Å². The number of hydrogen-bond acceptors (Lipinski definition) is 1. The van der Waals surface area contributed by atoms with Crippen LogP contribution in [0.2, 0.25) is 0 Å². The molecule has 0 amide bonds. The lowest BCUT2D eigenvalue weighted by molar-refractivity contribution is 0.349. The normalized spacial score (nSPS) is 30.8. The molecule has 2 rings (SSSR count). The molecule has 1 nitrogen and oxygen atoms in total. The standard InChI is InChI=1S/C13H23N/c1-11(12-7-5-6-8-12)14-13-9-3-2-4-10-13/h3,9,11-14H,2,4-8,10H2,1H3. The van der Waals surface area contributed by atoms with Crippen LogP contribution in [0.25, 0.3) is 0 Å². The fourth-order valence-electron chi connectivity index (χ4n) is 2.88. The van der Waals surface area contributed by atoms with Crippen molar-refractivity contribution >= 4 is 0 Å². The van der Waals surface area contributed by atoms with Gasteiger partial charge in [-0.15, -0.1) is 0 Å². The highest BCUT2D eigenvalue weighted by atomic mass is 14.9. The molecule has 0 spiro atoms. The van der Waals surface area contributed by atoms with Crippen molar-refractivity contribution in [3.05, 3.63) is 12.2 Å². The molecule has 0 aromatic rings. The van der Waals surface area contributed by atoms with Gasteiger partial charge >= 0.3 is 0 Å². The van der Waals surface area contributed by atoms with Gasteiger partial charge in [0.2, 0.25) is 0 Å². The highest BCUT2D eigenvalue weighted by Crippen LogP contribution is 2.28. The monoisotopic (exact) mass is 193 g/mol. The second-order valence-electron chi connectivity index (χ2n) is 4.97. The van der Waals surface area contributed by atoms with E-state index in [4.69, 9.17) is 0 Å². The van der Waals surface area contributed by atoms with Crippen LogP contribution in [-0.2, 0) is 0 Å². The van der Waals surface area contributed by atoms with E-state index in [1.165, 1.54) is 44.9 Å². The summed E-state index contributed by atoms with van der Waals surface area (Å²) in [6, 6.07) is 1.39. The van der Waals surface area contributed by atoms with Crippen molar-refractivity contribution in [1.29, 1.82) is 0 Å². The van der Waals surface area contributed by atoms with Gasteiger partial charge in [0.25, 0.3) is 0 Å².